The van der Waals surface area contributed by atoms with Crippen LogP contribution >= 0.6 is 0 Å². The number of ether oxygens (including phenoxy) is 1. The molecule has 2 aromatic carbocycles. The molecule has 0 spiro atoms. The molecular weight excluding hydrogens is 328 g/mol. The van der Waals surface area contributed by atoms with Gasteiger partial charge >= 0.3 is 0 Å². The van der Waals surface area contributed by atoms with Crippen LogP contribution in [-0.2, 0) is 14.8 Å². The molecule has 24 heavy (non-hydrogen) atoms. The molecule has 126 valence electrons. The number of aryl methyl sites for hydroxylation is 3. The number of benzene rings is 2. The van der Waals surface area contributed by atoms with Gasteiger partial charge in [-0.05, 0) is 49.6 Å². The third-order valence-electron chi connectivity index (χ3n) is 3.92. The van der Waals surface area contributed by atoms with E-state index in [0.717, 1.165) is 11.1 Å². The number of amides is 1. The molecule has 2 N–H and O–H groups in total. The van der Waals surface area contributed by atoms with Gasteiger partial charge in [0.1, 0.15) is 5.75 Å². The smallest absolute Gasteiger partial charge is 0.262 e. The summed E-state index contributed by atoms with van der Waals surface area (Å²) >= 11 is 0. The van der Waals surface area contributed by atoms with Gasteiger partial charge in [-0.15, -0.1) is 0 Å². The first-order valence-electron chi connectivity index (χ1n) is 7.44. The number of anilines is 2. The van der Waals surface area contributed by atoms with Crippen LogP contribution in [0.4, 0.5) is 11.4 Å². The highest BCUT2D eigenvalue weighted by Gasteiger charge is 2.24. The maximum absolute atomic E-state index is 12.8. The van der Waals surface area contributed by atoms with Crippen LogP contribution < -0.4 is 14.8 Å². The molecule has 3 rings (SSSR count). The zero-order valence-corrected chi connectivity index (χ0v) is 14.5. The van der Waals surface area contributed by atoms with Crippen molar-refractivity contribution in [2.75, 3.05) is 16.6 Å². The lowest BCUT2D eigenvalue weighted by Crippen LogP contribution is -2.26. The summed E-state index contributed by atoms with van der Waals surface area (Å²) < 4.78 is 33.6. The van der Waals surface area contributed by atoms with Crippen molar-refractivity contribution in [3.05, 3.63) is 47.0 Å². The van der Waals surface area contributed by atoms with E-state index in [1.54, 1.807) is 13.0 Å². The Morgan fingerprint density at radius 2 is 1.75 bits per heavy atom. The molecule has 0 fully saturated rings. The van der Waals surface area contributed by atoms with Crippen molar-refractivity contribution in [3.8, 4) is 5.75 Å². The number of nitrogens with one attached hydrogen (secondary N) is 2. The number of para-hydroxylation sites is 1. The molecule has 1 amide bonds. The minimum absolute atomic E-state index is 0.0702. The highest BCUT2D eigenvalue weighted by atomic mass is 32.2. The van der Waals surface area contributed by atoms with Gasteiger partial charge in [-0.2, -0.15) is 0 Å². The molecular formula is C17H18N2O4S. The van der Waals surface area contributed by atoms with Crippen LogP contribution in [-0.4, -0.2) is 20.9 Å². The monoisotopic (exact) mass is 346 g/mol. The molecule has 0 radical (unpaired) electrons. The molecule has 0 aromatic heterocycles. The molecule has 0 saturated carbocycles. The van der Waals surface area contributed by atoms with E-state index in [0.29, 0.717) is 22.7 Å². The standard InChI is InChI=1S/C17H18N2O4S/c1-10-5-4-6-11(2)17(10)19-24(21,22)15-8-13-14(7-12(15)3)23-9-16(20)18-13/h4-8,19H,9H2,1-3H3,(H,18,20). The lowest BCUT2D eigenvalue weighted by atomic mass is 10.1. The average molecular weight is 346 g/mol. The summed E-state index contributed by atoms with van der Waals surface area (Å²) in [6.07, 6.45) is 0. The van der Waals surface area contributed by atoms with E-state index in [1.807, 2.05) is 32.0 Å². The fourth-order valence-electron chi connectivity index (χ4n) is 2.66. The maximum Gasteiger partial charge on any atom is 0.262 e. The van der Waals surface area contributed by atoms with Crippen molar-refractivity contribution < 1.29 is 17.9 Å². The Morgan fingerprint density at radius 1 is 1.08 bits per heavy atom. The van der Waals surface area contributed by atoms with E-state index in [9.17, 15) is 13.2 Å². The number of carbonyl (C=O) groups is 1. The van der Waals surface area contributed by atoms with Crippen LogP contribution in [0.5, 0.6) is 5.75 Å². The van der Waals surface area contributed by atoms with Crippen molar-refractivity contribution in [1.82, 2.24) is 0 Å². The summed E-state index contributed by atoms with van der Waals surface area (Å²) in [5.41, 5.74) is 3.15. The number of hydrogen-bond acceptors (Lipinski definition) is 4. The number of hydrogen-bond donors (Lipinski definition) is 2. The molecule has 6 nitrogen and oxygen atoms in total. The Kier molecular flexibility index (Phi) is 3.96. The molecule has 1 heterocycles. The first kappa shape index (κ1) is 16.3. The largest absolute Gasteiger partial charge is 0.482 e. The first-order chi connectivity index (χ1) is 11.3. The van der Waals surface area contributed by atoms with Gasteiger partial charge in [-0.3, -0.25) is 9.52 Å². The van der Waals surface area contributed by atoms with Crippen LogP contribution in [0.3, 0.4) is 0 Å². The van der Waals surface area contributed by atoms with Gasteiger partial charge in [0.05, 0.1) is 16.3 Å². The Hall–Kier alpha value is -2.54. The highest BCUT2D eigenvalue weighted by molar-refractivity contribution is 7.92. The minimum Gasteiger partial charge on any atom is -0.482 e. The van der Waals surface area contributed by atoms with Gasteiger partial charge in [0.25, 0.3) is 15.9 Å². The van der Waals surface area contributed by atoms with Gasteiger partial charge in [-0.1, -0.05) is 18.2 Å². The van der Waals surface area contributed by atoms with Crippen LogP contribution in [0.15, 0.2) is 35.2 Å². The average Bonchev–Trinajstić information content (AvgIpc) is 2.51. The van der Waals surface area contributed by atoms with Crippen molar-refractivity contribution in [1.29, 1.82) is 0 Å². The van der Waals surface area contributed by atoms with Gasteiger partial charge in [-0.25, -0.2) is 8.42 Å². The Bertz CT molecular complexity index is 916. The van der Waals surface area contributed by atoms with Crippen molar-refractivity contribution in [2.24, 2.45) is 0 Å². The summed E-state index contributed by atoms with van der Waals surface area (Å²) in [7, 11) is -3.80. The second-order valence-electron chi connectivity index (χ2n) is 5.82. The van der Waals surface area contributed by atoms with Gasteiger partial charge in [0, 0.05) is 0 Å². The lowest BCUT2D eigenvalue weighted by Gasteiger charge is -2.21. The third-order valence-corrected chi connectivity index (χ3v) is 5.41. The predicted molar refractivity (Wildman–Crippen MR) is 92.0 cm³/mol. The number of carbonyl (C=O) groups excluding carboxylic acids is 1. The summed E-state index contributed by atoms with van der Waals surface area (Å²) in [5, 5.41) is 2.63. The quantitative estimate of drug-likeness (QED) is 0.895. The highest BCUT2D eigenvalue weighted by Crippen LogP contribution is 2.34. The second-order valence-corrected chi connectivity index (χ2v) is 7.47. The van der Waals surface area contributed by atoms with Crippen molar-refractivity contribution >= 4 is 27.3 Å². The lowest BCUT2D eigenvalue weighted by molar-refractivity contribution is -0.118. The van der Waals surface area contributed by atoms with Crippen molar-refractivity contribution in [2.45, 2.75) is 25.7 Å². The molecule has 0 bridgehead atoms. The summed E-state index contributed by atoms with van der Waals surface area (Å²) in [6, 6.07) is 8.61. The Morgan fingerprint density at radius 3 is 2.42 bits per heavy atom. The van der Waals surface area contributed by atoms with E-state index in [2.05, 4.69) is 10.0 Å². The molecule has 0 atom stereocenters. The first-order valence-corrected chi connectivity index (χ1v) is 8.92. The third kappa shape index (κ3) is 2.94. The fraction of sp³-hybridized carbons (Fsp3) is 0.235. The fourth-order valence-corrected chi connectivity index (χ4v) is 4.12. The van der Waals surface area contributed by atoms with E-state index < -0.39 is 10.0 Å². The number of fused-ring (bicyclic) bond motifs is 1. The predicted octanol–water partition coefficient (Wildman–Crippen LogP) is 2.74. The molecule has 1 aliphatic heterocycles. The minimum atomic E-state index is -3.80. The normalized spacial score (nSPS) is 13.7. The van der Waals surface area contributed by atoms with Crippen LogP contribution in [0, 0.1) is 20.8 Å². The molecule has 0 saturated heterocycles. The molecule has 7 heteroatoms. The summed E-state index contributed by atoms with van der Waals surface area (Å²) in [4.78, 5) is 11.6. The van der Waals surface area contributed by atoms with Crippen LogP contribution in [0.2, 0.25) is 0 Å². The SMILES string of the molecule is Cc1cc2c(cc1S(=O)(=O)Nc1c(C)cccc1C)NC(=O)CO2. The molecule has 0 unspecified atom stereocenters. The number of sulfonamides is 1. The number of rotatable bonds is 3. The Balaban J connectivity index is 2.04. The zero-order chi connectivity index (χ0) is 17.5. The van der Waals surface area contributed by atoms with Gasteiger partial charge < -0.3 is 10.1 Å². The molecule has 1 aliphatic rings. The Labute approximate surface area is 140 Å². The van der Waals surface area contributed by atoms with Crippen LogP contribution in [0.1, 0.15) is 16.7 Å². The molecule has 0 aliphatic carbocycles. The maximum atomic E-state index is 12.8. The van der Waals surface area contributed by atoms with Gasteiger partial charge in [0.15, 0.2) is 6.61 Å². The molecule has 2 aromatic rings. The summed E-state index contributed by atoms with van der Waals surface area (Å²) in [6.45, 7) is 5.32. The van der Waals surface area contributed by atoms with E-state index in [1.165, 1.54) is 6.07 Å². The van der Waals surface area contributed by atoms with E-state index in [-0.39, 0.29) is 17.4 Å². The van der Waals surface area contributed by atoms with E-state index >= 15 is 0 Å². The topological polar surface area (TPSA) is 84.5 Å². The summed E-state index contributed by atoms with van der Waals surface area (Å²) in [5.74, 6) is 0.163. The van der Waals surface area contributed by atoms with Gasteiger partial charge in [0.2, 0.25) is 0 Å². The van der Waals surface area contributed by atoms with Crippen LogP contribution in [0.25, 0.3) is 0 Å². The van der Waals surface area contributed by atoms with Crippen molar-refractivity contribution in [3.63, 3.8) is 0 Å². The zero-order valence-electron chi connectivity index (χ0n) is 13.6. The van der Waals surface area contributed by atoms with E-state index in [4.69, 9.17) is 4.74 Å². The second kappa shape index (κ2) is 5.83.